The number of halogens is 2. The van der Waals surface area contributed by atoms with Gasteiger partial charge in [0.1, 0.15) is 0 Å². The normalized spacial score (nSPS) is 11.7. The molecule has 0 saturated heterocycles. The summed E-state index contributed by atoms with van der Waals surface area (Å²) in [6, 6.07) is 12.6. The first-order valence-electron chi connectivity index (χ1n) is 8.03. The van der Waals surface area contributed by atoms with Crippen LogP contribution in [0.2, 0.25) is 10.0 Å². The van der Waals surface area contributed by atoms with Crippen LogP contribution in [0.3, 0.4) is 0 Å². The molecule has 7 heteroatoms. The number of anilines is 1. The lowest BCUT2D eigenvalue weighted by molar-refractivity contribution is -0.119. The Morgan fingerprint density at radius 1 is 1.00 bits per heavy atom. The van der Waals surface area contributed by atoms with E-state index in [1.165, 1.54) is 11.8 Å². The second-order valence-electron chi connectivity index (χ2n) is 5.87. The Bertz CT molecular complexity index is 782. The number of hydrogen-bond acceptors (Lipinski definition) is 3. The Kier molecular flexibility index (Phi) is 7.82. The Balaban J connectivity index is 1.73. The molecule has 0 bridgehead atoms. The predicted octanol–water partition coefficient (Wildman–Crippen LogP) is 4.85. The lowest BCUT2D eigenvalue weighted by atomic mass is 10.1. The minimum Gasteiger partial charge on any atom is -0.349 e. The molecule has 0 radical (unpaired) electrons. The second kappa shape index (κ2) is 9.86. The number of benzene rings is 2. The molecule has 0 spiro atoms. The lowest BCUT2D eigenvalue weighted by Gasteiger charge is -2.15. The van der Waals surface area contributed by atoms with Crippen molar-refractivity contribution < 1.29 is 9.59 Å². The van der Waals surface area contributed by atoms with Crippen LogP contribution in [0.1, 0.15) is 24.1 Å². The molecular formula is C19H20Cl2N2O2S. The number of carbonyl (C=O) groups excluding carboxylic acids is 2. The van der Waals surface area contributed by atoms with E-state index in [1.54, 1.807) is 12.1 Å². The molecule has 0 aliphatic heterocycles. The molecule has 0 aromatic heterocycles. The average Bonchev–Trinajstić information content (AvgIpc) is 2.59. The number of thioether (sulfide) groups is 1. The van der Waals surface area contributed by atoms with Crippen LogP contribution in [0.25, 0.3) is 0 Å². The minimum absolute atomic E-state index is 0.135. The van der Waals surface area contributed by atoms with Gasteiger partial charge in [0.2, 0.25) is 11.8 Å². The number of carbonyl (C=O) groups is 2. The highest BCUT2D eigenvalue weighted by Gasteiger charge is 2.12. The summed E-state index contributed by atoms with van der Waals surface area (Å²) in [5.74, 6) is 0.135. The van der Waals surface area contributed by atoms with Gasteiger partial charge in [0.05, 0.1) is 27.6 Å². The zero-order chi connectivity index (χ0) is 19.1. The van der Waals surface area contributed by atoms with Gasteiger partial charge in [0, 0.05) is 5.69 Å². The van der Waals surface area contributed by atoms with Crippen LogP contribution in [-0.4, -0.2) is 23.3 Å². The summed E-state index contributed by atoms with van der Waals surface area (Å²) in [5, 5.41) is 6.61. The highest BCUT2D eigenvalue weighted by Crippen LogP contribution is 2.25. The number of rotatable bonds is 7. The third-order valence-electron chi connectivity index (χ3n) is 3.62. The van der Waals surface area contributed by atoms with E-state index >= 15 is 0 Å². The van der Waals surface area contributed by atoms with Crippen LogP contribution in [0.15, 0.2) is 42.5 Å². The third-order valence-corrected chi connectivity index (χ3v) is 5.29. The van der Waals surface area contributed by atoms with Gasteiger partial charge in [0.25, 0.3) is 0 Å². The van der Waals surface area contributed by atoms with Crippen molar-refractivity contribution in [2.75, 3.05) is 16.8 Å². The van der Waals surface area contributed by atoms with Crippen molar-refractivity contribution >= 4 is 52.5 Å². The molecule has 0 fully saturated rings. The van der Waals surface area contributed by atoms with Gasteiger partial charge >= 0.3 is 0 Å². The molecule has 26 heavy (non-hydrogen) atoms. The number of amides is 2. The molecular weight excluding hydrogens is 391 g/mol. The van der Waals surface area contributed by atoms with Crippen molar-refractivity contribution in [2.45, 2.75) is 19.9 Å². The highest BCUT2D eigenvalue weighted by molar-refractivity contribution is 8.00. The smallest absolute Gasteiger partial charge is 0.234 e. The monoisotopic (exact) mass is 410 g/mol. The highest BCUT2D eigenvalue weighted by atomic mass is 35.5. The number of nitrogens with one attached hydrogen (secondary N) is 2. The maximum absolute atomic E-state index is 12.0. The number of hydrogen-bond donors (Lipinski definition) is 2. The second-order valence-corrected chi connectivity index (χ2v) is 7.67. The Hall–Kier alpha value is -1.69. The first-order chi connectivity index (χ1) is 12.3. The fraction of sp³-hybridized carbons (Fsp3) is 0.263. The van der Waals surface area contributed by atoms with Gasteiger partial charge in [0.15, 0.2) is 0 Å². The topological polar surface area (TPSA) is 58.2 Å². The van der Waals surface area contributed by atoms with Crippen LogP contribution >= 0.6 is 35.0 Å². The summed E-state index contributed by atoms with van der Waals surface area (Å²) in [4.78, 5) is 23.9. The summed E-state index contributed by atoms with van der Waals surface area (Å²) in [7, 11) is 0. The largest absolute Gasteiger partial charge is 0.349 e. The van der Waals surface area contributed by atoms with Gasteiger partial charge in [-0.2, -0.15) is 0 Å². The molecule has 0 saturated carbocycles. The van der Waals surface area contributed by atoms with E-state index in [4.69, 9.17) is 23.2 Å². The first-order valence-corrected chi connectivity index (χ1v) is 9.95. The average molecular weight is 411 g/mol. The molecule has 1 unspecified atom stereocenters. The van der Waals surface area contributed by atoms with Crippen molar-refractivity contribution in [3.8, 4) is 0 Å². The quantitative estimate of drug-likeness (QED) is 0.685. The van der Waals surface area contributed by atoms with E-state index in [2.05, 4.69) is 10.6 Å². The molecule has 0 heterocycles. The van der Waals surface area contributed by atoms with E-state index < -0.39 is 0 Å². The Morgan fingerprint density at radius 3 is 2.31 bits per heavy atom. The van der Waals surface area contributed by atoms with E-state index in [0.29, 0.717) is 10.0 Å². The lowest BCUT2D eigenvalue weighted by Crippen LogP contribution is -2.28. The molecule has 2 aromatic rings. The molecule has 138 valence electrons. The zero-order valence-corrected chi connectivity index (χ0v) is 16.8. The zero-order valence-electron chi connectivity index (χ0n) is 14.5. The van der Waals surface area contributed by atoms with Gasteiger partial charge in [-0.3, -0.25) is 9.59 Å². The summed E-state index contributed by atoms with van der Waals surface area (Å²) >= 11 is 13.2. The van der Waals surface area contributed by atoms with E-state index in [1.807, 2.05) is 44.2 Å². The van der Waals surface area contributed by atoms with Gasteiger partial charge in [-0.05, 0) is 43.7 Å². The van der Waals surface area contributed by atoms with Crippen molar-refractivity contribution in [1.82, 2.24) is 5.32 Å². The molecule has 2 aromatic carbocycles. The first kappa shape index (κ1) is 20.6. The van der Waals surface area contributed by atoms with Crippen LogP contribution in [-0.2, 0) is 9.59 Å². The van der Waals surface area contributed by atoms with Crippen LogP contribution in [0.4, 0.5) is 5.69 Å². The van der Waals surface area contributed by atoms with Gasteiger partial charge < -0.3 is 10.6 Å². The van der Waals surface area contributed by atoms with Crippen molar-refractivity contribution in [2.24, 2.45) is 0 Å². The minimum atomic E-state index is -0.195. The molecule has 2 amide bonds. The van der Waals surface area contributed by atoms with Gasteiger partial charge in [-0.1, -0.05) is 47.0 Å². The van der Waals surface area contributed by atoms with Gasteiger partial charge in [-0.15, -0.1) is 11.8 Å². The Morgan fingerprint density at radius 2 is 1.65 bits per heavy atom. The summed E-state index contributed by atoms with van der Waals surface area (Å²) in [6.07, 6.45) is 0. The van der Waals surface area contributed by atoms with Crippen LogP contribution < -0.4 is 10.6 Å². The maximum Gasteiger partial charge on any atom is 0.234 e. The van der Waals surface area contributed by atoms with Crippen molar-refractivity contribution in [3.05, 3.63) is 63.6 Å². The SMILES string of the molecule is Cc1ccc(NC(=O)CSCC(=O)NC(C)c2ccc(Cl)c(Cl)c2)cc1. The molecule has 0 aliphatic rings. The van der Waals surface area contributed by atoms with Crippen molar-refractivity contribution in [3.63, 3.8) is 0 Å². The summed E-state index contributed by atoms with van der Waals surface area (Å²) in [5.41, 5.74) is 2.75. The maximum atomic E-state index is 12.0. The predicted molar refractivity (Wildman–Crippen MR) is 110 cm³/mol. The fourth-order valence-electron chi connectivity index (χ4n) is 2.22. The van der Waals surface area contributed by atoms with E-state index in [-0.39, 0.29) is 29.4 Å². The third kappa shape index (κ3) is 6.56. The summed E-state index contributed by atoms with van der Waals surface area (Å²) < 4.78 is 0. The van der Waals surface area contributed by atoms with Gasteiger partial charge in [-0.25, -0.2) is 0 Å². The molecule has 2 N–H and O–H groups in total. The van der Waals surface area contributed by atoms with Crippen molar-refractivity contribution in [1.29, 1.82) is 0 Å². The van der Waals surface area contributed by atoms with Crippen LogP contribution in [0, 0.1) is 6.92 Å². The molecule has 4 nitrogen and oxygen atoms in total. The molecule has 2 rings (SSSR count). The summed E-state index contributed by atoms with van der Waals surface area (Å²) in [6.45, 7) is 3.85. The number of aryl methyl sites for hydroxylation is 1. The molecule has 0 aliphatic carbocycles. The fourth-order valence-corrected chi connectivity index (χ4v) is 3.15. The van der Waals surface area contributed by atoms with E-state index in [9.17, 15) is 9.59 Å². The standard InChI is InChI=1S/C19H20Cl2N2O2S/c1-12-3-6-15(7-4-12)23-19(25)11-26-10-18(24)22-13(2)14-5-8-16(20)17(21)9-14/h3-9,13H,10-11H2,1-2H3,(H,22,24)(H,23,25). The Labute approximate surface area is 167 Å². The van der Waals surface area contributed by atoms with E-state index in [0.717, 1.165) is 16.8 Å². The van der Waals surface area contributed by atoms with Crippen LogP contribution in [0.5, 0.6) is 0 Å². The molecule has 1 atom stereocenters.